The molecular weight excluding hydrogens is 385 g/mol. The molecule has 0 amide bonds. The zero-order valence-corrected chi connectivity index (χ0v) is 15.5. The van der Waals surface area contributed by atoms with Crippen LogP contribution in [0.1, 0.15) is 23.6 Å². The van der Waals surface area contributed by atoms with Gasteiger partial charge in [0.15, 0.2) is 5.96 Å². The molecule has 0 heterocycles. The summed E-state index contributed by atoms with van der Waals surface area (Å²) in [5.41, 5.74) is 3.75. The second kappa shape index (κ2) is 10.2. The molecule has 2 N–H and O–H groups in total. The van der Waals surface area contributed by atoms with Crippen molar-refractivity contribution < 1.29 is 0 Å². The van der Waals surface area contributed by atoms with Gasteiger partial charge >= 0.3 is 0 Å². The molecule has 0 bridgehead atoms. The summed E-state index contributed by atoms with van der Waals surface area (Å²) in [7, 11) is 0. The highest BCUT2D eigenvalue weighted by Gasteiger charge is 1.98. The molecule has 0 fully saturated rings. The fourth-order valence-electron chi connectivity index (χ4n) is 2.10. The van der Waals surface area contributed by atoms with Crippen molar-refractivity contribution in [2.45, 2.75) is 26.9 Å². The van der Waals surface area contributed by atoms with E-state index < -0.39 is 0 Å². The van der Waals surface area contributed by atoms with Crippen LogP contribution >= 0.6 is 24.0 Å². The highest BCUT2D eigenvalue weighted by molar-refractivity contribution is 14.0. The van der Waals surface area contributed by atoms with E-state index in [2.05, 4.69) is 65.9 Å². The molecule has 0 aliphatic heterocycles. The third-order valence-corrected chi connectivity index (χ3v) is 3.15. The first-order valence-corrected chi connectivity index (χ1v) is 7.39. The van der Waals surface area contributed by atoms with Crippen molar-refractivity contribution in [3.8, 4) is 0 Å². The van der Waals surface area contributed by atoms with Crippen LogP contribution in [0.15, 0.2) is 59.6 Å². The number of aliphatic imine (C=N–C) groups is 1. The molecule has 2 aromatic carbocycles. The van der Waals surface area contributed by atoms with Crippen LogP contribution in [0.25, 0.3) is 0 Å². The Bertz CT molecular complexity index is 582. The van der Waals surface area contributed by atoms with E-state index in [4.69, 9.17) is 0 Å². The second-order valence-corrected chi connectivity index (χ2v) is 5.02. The van der Waals surface area contributed by atoms with Gasteiger partial charge in [0.2, 0.25) is 0 Å². The first-order valence-electron chi connectivity index (χ1n) is 7.39. The van der Waals surface area contributed by atoms with Gasteiger partial charge < -0.3 is 10.6 Å². The van der Waals surface area contributed by atoms with Crippen molar-refractivity contribution in [1.82, 2.24) is 10.6 Å². The highest BCUT2D eigenvalue weighted by atomic mass is 127. The molecule has 0 atom stereocenters. The minimum absolute atomic E-state index is 0. The summed E-state index contributed by atoms with van der Waals surface area (Å²) in [6.07, 6.45) is 0. The van der Waals surface area contributed by atoms with Gasteiger partial charge in [0.05, 0.1) is 6.54 Å². The van der Waals surface area contributed by atoms with Gasteiger partial charge in [0.1, 0.15) is 0 Å². The Hall–Kier alpha value is -1.56. The molecule has 0 saturated carbocycles. The van der Waals surface area contributed by atoms with Crippen LogP contribution in [-0.4, -0.2) is 12.5 Å². The van der Waals surface area contributed by atoms with Crippen LogP contribution in [0, 0.1) is 6.92 Å². The van der Waals surface area contributed by atoms with Gasteiger partial charge in [-0.05, 0) is 25.0 Å². The number of nitrogens with zero attached hydrogens (tertiary/aromatic N) is 1. The minimum atomic E-state index is 0. The molecule has 3 nitrogen and oxygen atoms in total. The normalized spacial score (nSPS) is 10.7. The summed E-state index contributed by atoms with van der Waals surface area (Å²) in [5, 5.41) is 6.64. The number of rotatable bonds is 5. The summed E-state index contributed by atoms with van der Waals surface area (Å²) >= 11 is 0. The van der Waals surface area contributed by atoms with E-state index in [1.165, 1.54) is 16.7 Å². The SMILES string of the molecule is CCNC(=NCc1cccc(C)c1)NCc1ccccc1.I. The molecule has 2 aromatic rings. The summed E-state index contributed by atoms with van der Waals surface area (Å²) in [4.78, 5) is 4.63. The Labute approximate surface area is 150 Å². The predicted molar refractivity (Wildman–Crippen MR) is 105 cm³/mol. The summed E-state index contributed by atoms with van der Waals surface area (Å²) in [6, 6.07) is 18.8. The average molecular weight is 409 g/mol. The number of benzene rings is 2. The molecule has 22 heavy (non-hydrogen) atoms. The highest BCUT2D eigenvalue weighted by Crippen LogP contribution is 2.05. The maximum Gasteiger partial charge on any atom is 0.191 e. The Morgan fingerprint density at radius 1 is 0.955 bits per heavy atom. The molecule has 0 radical (unpaired) electrons. The number of halogens is 1. The Morgan fingerprint density at radius 3 is 2.36 bits per heavy atom. The first-order chi connectivity index (χ1) is 10.3. The second-order valence-electron chi connectivity index (χ2n) is 5.02. The predicted octanol–water partition coefficient (Wildman–Crippen LogP) is 3.87. The van der Waals surface area contributed by atoms with Gasteiger partial charge in [-0.2, -0.15) is 0 Å². The topological polar surface area (TPSA) is 36.4 Å². The molecule has 0 aromatic heterocycles. The first kappa shape index (κ1) is 18.5. The minimum Gasteiger partial charge on any atom is -0.357 e. The van der Waals surface area contributed by atoms with Gasteiger partial charge in [-0.1, -0.05) is 60.2 Å². The molecule has 0 saturated heterocycles. The van der Waals surface area contributed by atoms with E-state index in [-0.39, 0.29) is 24.0 Å². The van der Waals surface area contributed by atoms with E-state index >= 15 is 0 Å². The molecule has 0 spiro atoms. The van der Waals surface area contributed by atoms with Crippen LogP contribution in [0.3, 0.4) is 0 Å². The van der Waals surface area contributed by atoms with Crippen LogP contribution < -0.4 is 10.6 Å². The third kappa shape index (κ3) is 6.47. The van der Waals surface area contributed by atoms with E-state index in [9.17, 15) is 0 Å². The Morgan fingerprint density at radius 2 is 1.68 bits per heavy atom. The smallest absolute Gasteiger partial charge is 0.191 e. The van der Waals surface area contributed by atoms with Crippen LogP contribution in [0.2, 0.25) is 0 Å². The van der Waals surface area contributed by atoms with Crippen LogP contribution in [-0.2, 0) is 13.1 Å². The number of aryl methyl sites for hydroxylation is 1. The fourth-order valence-corrected chi connectivity index (χ4v) is 2.10. The lowest BCUT2D eigenvalue weighted by Crippen LogP contribution is -2.36. The van der Waals surface area contributed by atoms with Crippen LogP contribution in [0.4, 0.5) is 0 Å². The molecule has 4 heteroatoms. The Balaban J connectivity index is 0.00000242. The van der Waals surface area contributed by atoms with E-state index in [0.717, 1.165) is 19.0 Å². The lowest BCUT2D eigenvalue weighted by atomic mass is 10.1. The van der Waals surface area contributed by atoms with Crippen molar-refractivity contribution in [2.75, 3.05) is 6.54 Å². The van der Waals surface area contributed by atoms with Gasteiger partial charge in [-0.25, -0.2) is 4.99 Å². The number of nitrogens with one attached hydrogen (secondary N) is 2. The number of guanidine groups is 1. The monoisotopic (exact) mass is 409 g/mol. The average Bonchev–Trinajstić information content (AvgIpc) is 2.51. The van der Waals surface area contributed by atoms with Crippen molar-refractivity contribution in [1.29, 1.82) is 0 Å². The molecule has 0 aliphatic carbocycles. The summed E-state index contributed by atoms with van der Waals surface area (Å²) in [5.74, 6) is 0.850. The van der Waals surface area contributed by atoms with Crippen molar-refractivity contribution in [3.05, 3.63) is 71.3 Å². The molecule has 118 valence electrons. The van der Waals surface area contributed by atoms with E-state index in [1.54, 1.807) is 0 Å². The molecule has 0 unspecified atom stereocenters. The Kier molecular flexibility index (Phi) is 8.58. The zero-order chi connectivity index (χ0) is 14.9. The molecular formula is C18H24IN3. The van der Waals surface area contributed by atoms with Crippen molar-refractivity contribution >= 4 is 29.9 Å². The molecule has 0 aliphatic rings. The van der Waals surface area contributed by atoms with Gasteiger partial charge in [0.25, 0.3) is 0 Å². The summed E-state index contributed by atoms with van der Waals surface area (Å²) in [6.45, 7) is 6.50. The van der Waals surface area contributed by atoms with E-state index in [0.29, 0.717) is 6.54 Å². The lowest BCUT2D eigenvalue weighted by Gasteiger charge is -2.11. The van der Waals surface area contributed by atoms with E-state index in [1.807, 2.05) is 18.2 Å². The van der Waals surface area contributed by atoms with Crippen molar-refractivity contribution in [3.63, 3.8) is 0 Å². The van der Waals surface area contributed by atoms with Crippen molar-refractivity contribution in [2.24, 2.45) is 4.99 Å². The number of hydrogen-bond donors (Lipinski definition) is 2. The van der Waals surface area contributed by atoms with Crippen LogP contribution in [0.5, 0.6) is 0 Å². The zero-order valence-electron chi connectivity index (χ0n) is 13.2. The maximum absolute atomic E-state index is 4.63. The van der Waals surface area contributed by atoms with Gasteiger partial charge in [-0.15, -0.1) is 24.0 Å². The third-order valence-electron chi connectivity index (χ3n) is 3.15. The lowest BCUT2D eigenvalue weighted by molar-refractivity contribution is 0.816. The number of hydrogen-bond acceptors (Lipinski definition) is 1. The molecule has 2 rings (SSSR count). The maximum atomic E-state index is 4.63. The standard InChI is InChI=1S/C18H23N3.HI/c1-3-19-18(20-13-16-9-5-4-6-10-16)21-14-17-11-7-8-15(2)12-17;/h4-12H,3,13-14H2,1-2H3,(H2,19,20,21);1H. The van der Waals surface area contributed by atoms with Gasteiger partial charge in [0, 0.05) is 13.1 Å². The quantitative estimate of drug-likeness (QED) is 0.447. The largest absolute Gasteiger partial charge is 0.357 e. The summed E-state index contributed by atoms with van der Waals surface area (Å²) < 4.78 is 0. The van der Waals surface area contributed by atoms with Gasteiger partial charge in [-0.3, -0.25) is 0 Å². The fraction of sp³-hybridized carbons (Fsp3) is 0.278.